The molecule has 1 rings (SSSR count). The number of hydrogen-bond acceptors (Lipinski definition) is 4. The zero-order valence-corrected chi connectivity index (χ0v) is 10.6. The molecule has 3 nitrogen and oxygen atoms in total. The molecule has 0 spiro atoms. The summed E-state index contributed by atoms with van der Waals surface area (Å²) in [6, 6.07) is 5.33. The monoisotopic (exact) mass is 242 g/mol. The molecule has 0 fully saturated rings. The van der Waals surface area contributed by atoms with Crippen LogP contribution in [0.25, 0.3) is 0 Å². The van der Waals surface area contributed by atoms with Crippen LogP contribution in [-0.4, -0.2) is 29.2 Å². The maximum Gasteiger partial charge on any atom is 0.162 e. The van der Waals surface area contributed by atoms with Crippen LogP contribution in [0.5, 0.6) is 11.5 Å². The third kappa shape index (κ3) is 3.06. The van der Waals surface area contributed by atoms with Gasteiger partial charge in [0.1, 0.15) is 0 Å². The minimum absolute atomic E-state index is 0.00355. The molecule has 0 aliphatic heterocycles. The number of phenols is 1. The van der Waals surface area contributed by atoms with Crippen molar-refractivity contribution in [3.8, 4) is 11.5 Å². The Labute approximate surface area is 100 Å². The molecule has 0 aliphatic carbocycles. The number of hydrogen-bond donors (Lipinski definition) is 2. The highest BCUT2D eigenvalue weighted by Crippen LogP contribution is 2.40. The first kappa shape index (κ1) is 13.2. The van der Waals surface area contributed by atoms with Crippen molar-refractivity contribution in [3.63, 3.8) is 0 Å². The second-order valence-electron chi connectivity index (χ2n) is 3.75. The van der Waals surface area contributed by atoms with Crippen LogP contribution in [0.3, 0.4) is 0 Å². The van der Waals surface area contributed by atoms with E-state index in [0.717, 1.165) is 5.56 Å². The fraction of sp³-hybridized carbons (Fsp3) is 0.500. The zero-order valence-electron chi connectivity index (χ0n) is 9.80. The van der Waals surface area contributed by atoms with E-state index in [4.69, 9.17) is 4.74 Å². The third-order valence-corrected chi connectivity index (χ3v) is 3.48. The maximum absolute atomic E-state index is 9.95. The van der Waals surface area contributed by atoms with Crippen molar-refractivity contribution in [1.82, 2.24) is 0 Å². The number of benzene rings is 1. The standard InChI is InChI=1S/C12H18O3S/c1-8(2)16-11(7-13)9-5-4-6-10(15-3)12(9)14/h4-6,8,11,13-14H,7H2,1-3H3. The molecule has 0 radical (unpaired) electrons. The maximum atomic E-state index is 9.95. The van der Waals surface area contributed by atoms with E-state index < -0.39 is 0 Å². The number of para-hydroxylation sites is 1. The average molecular weight is 242 g/mol. The summed E-state index contributed by atoms with van der Waals surface area (Å²) in [5, 5.41) is 19.6. The second-order valence-corrected chi connectivity index (χ2v) is 5.54. The summed E-state index contributed by atoms with van der Waals surface area (Å²) in [5.41, 5.74) is 0.723. The lowest BCUT2D eigenvalue weighted by atomic mass is 10.1. The Hall–Kier alpha value is -0.870. The molecule has 1 unspecified atom stereocenters. The molecule has 0 aliphatic rings. The van der Waals surface area contributed by atoms with Gasteiger partial charge >= 0.3 is 0 Å². The molecule has 90 valence electrons. The molecule has 1 aromatic carbocycles. The SMILES string of the molecule is COc1cccc(C(CO)SC(C)C)c1O. The molecule has 0 aromatic heterocycles. The van der Waals surface area contributed by atoms with Gasteiger partial charge in [-0.3, -0.25) is 0 Å². The van der Waals surface area contributed by atoms with Crippen molar-refractivity contribution >= 4 is 11.8 Å². The summed E-state index contributed by atoms with van der Waals surface area (Å²) in [5.74, 6) is 0.567. The Balaban J connectivity index is 3.00. The summed E-state index contributed by atoms with van der Waals surface area (Å²) >= 11 is 1.62. The summed E-state index contributed by atoms with van der Waals surface area (Å²) in [7, 11) is 1.52. The highest BCUT2D eigenvalue weighted by Gasteiger charge is 2.18. The van der Waals surface area contributed by atoms with Crippen molar-refractivity contribution in [1.29, 1.82) is 0 Å². The first-order valence-corrected chi connectivity index (χ1v) is 6.16. The highest BCUT2D eigenvalue weighted by molar-refractivity contribution is 8.00. The lowest BCUT2D eigenvalue weighted by Gasteiger charge is -2.18. The van der Waals surface area contributed by atoms with Crippen molar-refractivity contribution in [2.75, 3.05) is 13.7 Å². The van der Waals surface area contributed by atoms with E-state index in [0.29, 0.717) is 11.0 Å². The van der Waals surface area contributed by atoms with E-state index in [1.54, 1.807) is 17.8 Å². The molecule has 1 aromatic rings. The van der Waals surface area contributed by atoms with Crippen LogP contribution in [0.15, 0.2) is 18.2 Å². The molecule has 4 heteroatoms. The van der Waals surface area contributed by atoms with Crippen molar-refractivity contribution < 1.29 is 14.9 Å². The topological polar surface area (TPSA) is 49.7 Å². The summed E-state index contributed by atoms with van der Waals surface area (Å²) < 4.78 is 5.04. The lowest BCUT2D eigenvalue weighted by Crippen LogP contribution is -2.04. The van der Waals surface area contributed by atoms with Crippen LogP contribution in [-0.2, 0) is 0 Å². The molecule has 0 saturated heterocycles. The van der Waals surface area contributed by atoms with E-state index >= 15 is 0 Å². The van der Waals surface area contributed by atoms with E-state index in [1.165, 1.54) is 7.11 Å². The number of aliphatic hydroxyl groups excluding tert-OH is 1. The number of aromatic hydroxyl groups is 1. The lowest BCUT2D eigenvalue weighted by molar-refractivity contribution is 0.292. The minimum Gasteiger partial charge on any atom is -0.504 e. The van der Waals surface area contributed by atoms with Gasteiger partial charge in [-0.15, -0.1) is 11.8 Å². The third-order valence-electron chi connectivity index (χ3n) is 2.20. The Kier molecular flexibility index (Phi) is 4.96. The number of rotatable bonds is 5. The smallest absolute Gasteiger partial charge is 0.162 e. The fourth-order valence-electron chi connectivity index (χ4n) is 1.51. The number of aliphatic hydroxyl groups is 1. The normalized spacial score (nSPS) is 12.8. The molecule has 2 N–H and O–H groups in total. The van der Waals surface area contributed by atoms with Gasteiger partial charge in [0.05, 0.1) is 19.0 Å². The summed E-state index contributed by atoms with van der Waals surface area (Å²) in [4.78, 5) is 0. The van der Waals surface area contributed by atoms with E-state index in [2.05, 4.69) is 13.8 Å². The molecule has 0 amide bonds. The van der Waals surface area contributed by atoms with Gasteiger partial charge in [0.25, 0.3) is 0 Å². The Bertz CT molecular complexity index is 339. The second kappa shape index (κ2) is 6.01. The van der Waals surface area contributed by atoms with Crippen molar-refractivity contribution in [2.24, 2.45) is 0 Å². The van der Waals surface area contributed by atoms with E-state index in [9.17, 15) is 10.2 Å². The van der Waals surface area contributed by atoms with E-state index in [1.807, 2.05) is 12.1 Å². The predicted octanol–water partition coefficient (Wildman–Crippen LogP) is 2.58. The number of methoxy groups -OCH3 is 1. The summed E-state index contributed by atoms with van der Waals surface area (Å²) in [6.45, 7) is 4.12. The first-order valence-electron chi connectivity index (χ1n) is 5.22. The van der Waals surface area contributed by atoms with Crippen molar-refractivity contribution in [3.05, 3.63) is 23.8 Å². The van der Waals surface area contributed by atoms with Gasteiger partial charge in [-0.05, 0) is 11.3 Å². The van der Waals surface area contributed by atoms with E-state index in [-0.39, 0.29) is 17.6 Å². The van der Waals surface area contributed by atoms with Gasteiger partial charge in [-0.1, -0.05) is 26.0 Å². The van der Waals surface area contributed by atoms with Crippen LogP contribution < -0.4 is 4.74 Å². The molecule has 0 bridgehead atoms. The molecular formula is C12H18O3S. The first-order chi connectivity index (χ1) is 7.60. The predicted molar refractivity (Wildman–Crippen MR) is 67.2 cm³/mol. The van der Waals surface area contributed by atoms with Crippen LogP contribution >= 0.6 is 11.8 Å². The molecule has 0 heterocycles. The Morgan fingerprint density at radius 3 is 2.56 bits per heavy atom. The van der Waals surface area contributed by atoms with Gasteiger partial charge in [-0.2, -0.15) is 0 Å². The van der Waals surface area contributed by atoms with Gasteiger partial charge in [0, 0.05) is 5.56 Å². The number of ether oxygens (including phenoxy) is 1. The van der Waals surface area contributed by atoms with Gasteiger partial charge < -0.3 is 14.9 Å². The zero-order chi connectivity index (χ0) is 12.1. The minimum atomic E-state index is -0.116. The highest BCUT2D eigenvalue weighted by atomic mass is 32.2. The molecule has 0 saturated carbocycles. The largest absolute Gasteiger partial charge is 0.504 e. The molecule has 16 heavy (non-hydrogen) atoms. The molecular weight excluding hydrogens is 224 g/mol. The fourth-order valence-corrected chi connectivity index (χ4v) is 2.59. The quantitative estimate of drug-likeness (QED) is 0.833. The van der Waals surface area contributed by atoms with Gasteiger partial charge in [0.2, 0.25) is 0 Å². The van der Waals surface area contributed by atoms with Crippen molar-refractivity contribution in [2.45, 2.75) is 24.3 Å². The summed E-state index contributed by atoms with van der Waals surface area (Å²) in [6.07, 6.45) is 0. The van der Waals surface area contributed by atoms with Crippen LogP contribution in [0.4, 0.5) is 0 Å². The number of thioether (sulfide) groups is 1. The number of phenolic OH excluding ortho intramolecular Hbond substituents is 1. The van der Waals surface area contributed by atoms with Crippen LogP contribution in [0.2, 0.25) is 0 Å². The Morgan fingerprint density at radius 1 is 1.38 bits per heavy atom. The van der Waals surface area contributed by atoms with Gasteiger partial charge in [-0.25, -0.2) is 0 Å². The Morgan fingerprint density at radius 2 is 2.06 bits per heavy atom. The van der Waals surface area contributed by atoms with Crippen LogP contribution in [0.1, 0.15) is 24.7 Å². The van der Waals surface area contributed by atoms with Crippen LogP contribution in [0, 0.1) is 0 Å². The van der Waals surface area contributed by atoms with Gasteiger partial charge in [0.15, 0.2) is 11.5 Å². The average Bonchev–Trinajstić information content (AvgIpc) is 2.26. The molecule has 1 atom stereocenters.